The predicted molar refractivity (Wildman–Crippen MR) is 102 cm³/mol. The SMILES string of the molecule is CCOC(=O)[C@@H]1C[C@H](N(C)C(C)C)CC[C@@H]1N[C@@H](C)c1ccccc1. The number of nitrogens with one attached hydrogen (secondary N) is 1. The zero-order chi connectivity index (χ0) is 18.4. The number of carbonyl (C=O) groups is 1. The first kappa shape index (κ1) is 19.9. The summed E-state index contributed by atoms with van der Waals surface area (Å²) in [4.78, 5) is 15.0. The van der Waals surface area contributed by atoms with Crippen molar-refractivity contribution in [1.29, 1.82) is 0 Å². The van der Waals surface area contributed by atoms with Crippen molar-refractivity contribution in [2.24, 2.45) is 5.92 Å². The Kier molecular flexibility index (Phi) is 7.45. The second kappa shape index (κ2) is 9.35. The van der Waals surface area contributed by atoms with Gasteiger partial charge in [-0.25, -0.2) is 0 Å². The predicted octanol–water partition coefficient (Wildman–Crippen LogP) is 3.78. The molecule has 1 aliphatic rings. The molecule has 1 N–H and O–H groups in total. The third kappa shape index (κ3) is 5.29. The van der Waals surface area contributed by atoms with Crippen molar-refractivity contribution < 1.29 is 9.53 Å². The van der Waals surface area contributed by atoms with E-state index in [1.165, 1.54) is 5.56 Å². The molecule has 4 nitrogen and oxygen atoms in total. The molecule has 0 bridgehead atoms. The number of hydrogen-bond acceptors (Lipinski definition) is 4. The normalized spacial score (nSPS) is 25.2. The van der Waals surface area contributed by atoms with E-state index in [0.29, 0.717) is 18.7 Å². The first-order valence-corrected chi connectivity index (χ1v) is 9.63. The summed E-state index contributed by atoms with van der Waals surface area (Å²) in [6.07, 6.45) is 2.98. The number of ether oxygens (including phenoxy) is 1. The summed E-state index contributed by atoms with van der Waals surface area (Å²) in [5, 5.41) is 3.69. The standard InChI is InChI=1S/C21H34N2O2/c1-6-25-21(24)19-14-18(23(5)15(2)3)12-13-20(19)22-16(4)17-10-8-7-9-11-17/h7-11,15-16,18-20,22H,6,12-14H2,1-5H3/t16-,18+,19+,20-/m0/s1. The van der Waals surface area contributed by atoms with Crippen molar-refractivity contribution in [3.8, 4) is 0 Å². The molecule has 0 aliphatic heterocycles. The minimum Gasteiger partial charge on any atom is -0.466 e. The summed E-state index contributed by atoms with van der Waals surface area (Å²) in [5.41, 5.74) is 1.26. The molecule has 0 heterocycles. The maximum Gasteiger partial charge on any atom is 0.310 e. The molecular weight excluding hydrogens is 312 g/mol. The Morgan fingerprint density at radius 1 is 1.24 bits per heavy atom. The second-order valence-electron chi connectivity index (χ2n) is 7.49. The van der Waals surface area contributed by atoms with Crippen LogP contribution in [0.2, 0.25) is 0 Å². The minimum absolute atomic E-state index is 0.0536. The van der Waals surface area contributed by atoms with E-state index in [1.54, 1.807) is 0 Å². The lowest BCUT2D eigenvalue weighted by molar-refractivity contribution is -0.151. The summed E-state index contributed by atoms with van der Waals surface area (Å²) in [7, 11) is 2.16. The van der Waals surface area contributed by atoms with Crippen molar-refractivity contribution in [3.05, 3.63) is 35.9 Å². The van der Waals surface area contributed by atoms with Crippen molar-refractivity contribution in [2.75, 3.05) is 13.7 Å². The number of carbonyl (C=O) groups excluding carboxylic acids is 1. The van der Waals surface area contributed by atoms with Crippen molar-refractivity contribution in [2.45, 2.75) is 71.1 Å². The molecule has 1 saturated carbocycles. The lowest BCUT2D eigenvalue weighted by atomic mass is 9.80. The Bertz CT molecular complexity index is 532. The molecule has 4 heteroatoms. The highest BCUT2D eigenvalue weighted by Crippen LogP contribution is 2.31. The summed E-state index contributed by atoms with van der Waals surface area (Å²) < 4.78 is 5.39. The maximum absolute atomic E-state index is 12.6. The van der Waals surface area contributed by atoms with Gasteiger partial charge in [-0.2, -0.15) is 0 Å². The number of hydrogen-bond donors (Lipinski definition) is 1. The molecule has 0 unspecified atom stereocenters. The average Bonchev–Trinajstić information content (AvgIpc) is 2.62. The van der Waals surface area contributed by atoms with E-state index >= 15 is 0 Å². The number of rotatable bonds is 7. The molecule has 0 saturated heterocycles. The topological polar surface area (TPSA) is 41.6 Å². The van der Waals surface area contributed by atoms with Gasteiger partial charge in [-0.15, -0.1) is 0 Å². The van der Waals surface area contributed by atoms with Crippen LogP contribution in [0.5, 0.6) is 0 Å². The highest BCUT2D eigenvalue weighted by Gasteiger charge is 2.38. The molecule has 2 rings (SSSR count). The zero-order valence-electron chi connectivity index (χ0n) is 16.4. The van der Waals surface area contributed by atoms with E-state index < -0.39 is 0 Å². The third-order valence-electron chi connectivity index (χ3n) is 5.57. The van der Waals surface area contributed by atoms with Gasteiger partial charge in [0.25, 0.3) is 0 Å². The van der Waals surface area contributed by atoms with Gasteiger partial charge >= 0.3 is 5.97 Å². The van der Waals surface area contributed by atoms with Gasteiger partial charge in [0.15, 0.2) is 0 Å². The van der Waals surface area contributed by atoms with Crippen LogP contribution in [0.4, 0.5) is 0 Å². The lowest BCUT2D eigenvalue weighted by Crippen LogP contribution is -2.51. The van der Waals surface area contributed by atoms with E-state index in [0.717, 1.165) is 19.3 Å². The van der Waals surface area contributed by atoms with Crippen molar-refractivity contribution in [3.63, 3.8) is 0 Å². The molecule has 0 amide bonds. The highest BCUT2D eigenvalue weighted by atomic mass is 16.5. The maximum atomic E-state index is 12.6. The van der Waals surface area contributed by atoms with Crippen LogP contribution < -0.4 is 5.32 Å². The van der Waals surface area contributed by atoms with Crippen LogP contribution in [-0.4, -0.2) is 42.6 Å². The van der Waals surface area contributed by atoms with Gasteiger partial charge in [0, 0.05) is 24.2 Å². The third-order valence-corrected chi connectivity index (χ3v) is 5.57. The van der Waals surface area contributed by atoms with Crippen LogP contribution in [0, 0.1) is 5.92 Å². The monoisotopic (exact) mass is 346 g/mol. The first-order chi connectivity index (χ1) is 11.9. The molecular formula is C21H34N2O2. The summed E-state index contributed by atoms with van der Waals surface area (Å²) in [6, 6.07) is 11.7. The quantitative estimate of drug-likeness (QED) is 0.763. The fourth-order valence-corrected chi connectivity index (χ4v) is 3.81. The number of benzene rings is 1. The van der Waals surface area contributed by atoms with Gasteiger partial charge in [-0.1, -0.05) is 30.3 Å². The Morgan fingerprint density at radius 2 is 1.92 bits per heavy atom. The van der Waals surface area contributed by atoms with Crippen LogP contribution in [0.1, 0.15) is 58.6 Å². The second-order valence-corrected chi connectivity index (χ2v) is 7.49. The largest absolute Gasteiger partial charge is 0.466 e. The fourth-order valence-electron chi connectivity index (χ4n) is 3.81. The van der Waals surface area contributed by atoms with Crippen LogP contribution >= 0.6 is 0 Å². The minimum atomic E-state index is -0.0777. The van der Waals surface area contributed by atoms with E-state index in [9.17, 15) is 4.79 Å². The van der Waals surface area contributed by atoms with Crippen LogP contribution in [0.3, 0.4) is 0 Å². The van der Waals surface area contributed by atoms with Crippen molar-refractivity contribution >= 4 is 5.97 Å². The van der Waals surface area contributed by atoms with Crippen LogP contribution in [0.15, 0.2) is 30.3 Å². The van der Waals surface area contributed by atoms with Crippen molar-refractivity contribution in [1.82, 2.24) is 10.2 Å². The smallest absolute Gasteiger partial charge is 0.310 e. The molecule has 1 fully saturated rings. The van der Waals surface area contributed by atoms with Gasteiger partial charge in [-0.05, 0) is 59.6 Å². The van der Waals surface area contributed by atoms with E-state index in [4.69, 9.17) is 4.74 Å². The van der Waals surface area contributed by atoms with E-state index in [2.05, 4.69) is 62.3 Å². The molecule has 0 aromatic heterocycles. The molecule has 1 aromatic rings. The Morgan fingerprint density at radius 3 is 2.52 bits per heavy atom. The first-order valence-electron chi connectivity index (χ1n) is 9.63. The molecule has 1 aromatic carbocycles. The Hall–Kier alpha value is -1.39. The summed E-state index contributed by atoms with van der Waals surface area (Å²) in [5.74, 6) is -0.131. The molecule has 4 atom stereocenters. The summed E-state index contributed by atoms with van der Waals surface area (Å²) in [6.45, 7) is 8.92. The molecule has 1 aliphatic carbocycles. The van der Waals surface area contributed by atoms with E-state index in [1.807, 2.05) is 13.0 Å². The highest BCUT2D eigenvalue weighted by molar-refractivity contribution is 5.73. The van der Waals surface area contributed by atoms with Gasteiger partial charge in [0.1, 0.15) is 0 Å². The summed E-state index contributed by atoms with van der Waals surface area (Å²) >= 11 is 0. The fraction of sp³-hybridized carbons (Fsp3) is 0.667. The molecule has 140 valence electrons. The van der Waals surface area contributed by atoms with Crippen LogP contribution in [0.25, 0.3) is 0 Å². The number of nitrogens with zero attached hydrogens (tertiary/aromatic N) is 1. The van der Waals surface area contributed by atoms with Gasteiger partial charge in [0.05, 0.1) is 12.5 Å². The Labute approximate surface area is 152 Å². The number of esters is 1. The van der Waals surface area contributed by atoms with Gasteiger partial charge in [-0.3, -0.25) is 4.79 Å². The molecule has 0 radical (unpaired) electrons. The van der Waals surface area contributed by atoms with E-state index in [-0.39, 0.29) is 24.0 Å². The average molecular weight is 347 g/mol. The Balaban J connectivity index is 2.08. The zero-order valence-corrected chi connectivity index (χ0v) is 16.4. The molecule has 0 spiro atoms. The van der Waals surface area contributed by atoms with Gasteiger partial charge < -0.3 is 15.0 Å². The van der Waals surface area contributed by atoms with Crippen LogP contribution in [-0.2, 0) is 9.53 Å². The molecule has 25 heavy (non-hydrogen) atoms. The van der Waals surface area contributed by atoms with Gasteiger partial charge in [0.2, 0.25) is 0 Å². The lowest BCUT2D eigenvalue weighted by Gasteiger charge is -2.41.